The molecule has 0 fully saturated rings. The maximum atomic E-state index is 15.7. The maximum absolute atomic E-state index is 15.7. The van der Waals surface area contributed by atoms with Crippen LogP contribution in [0.4, 0.5) is 10.2 Å². The minimum atomic E-state index is -2.99. The van der Waals surface area contributed by atoms with Gasteiger partial charge in [0.1, 0.15) is 39.4 Å². The topological polar surface area (TPSA) is 92.9 Å². The van der Waals surface area contributed by atoms with Crippen molar-refractivity contribution < 1.29 is 4.39 Å². The van der Waals surface area contributed by atoms with Crippen molar-refractivity contribution >= 4 is 103 Å². The second-order valence-corrected chi connectivity index (χ2v) is 8.46. The zero-order valence-electron chi connectivity index (χ0n) is 14.9. The van der Waals surface area contributed by atoms with Gasteiger partial charge in [-0.05, 0) is 29.3 Å². The van der Waals surface area contributed by atoms with E-state index in [1.807, 2.05) is 0 Å². The Morgan fingerprint density at radius 2 is 1.56 bits per heavy atom. The normalized spacial score (nSPS) is 18.8. The molecule has 1 aliphatic rings. The quantitative estimate of drug-likeness (QED) is 0.160. The van der Waals surface area contributed by atoms with Crippen LogP contribution in [0.3, 0.4) is 0 Å². The molecule has 3 aromatic heterocycles. The molecular weight excluding hydrogens is 571 g/mol. The molecule has 0 amide bonds. The van der Waals surface area contributed by atoms with Crippen molar-refractivity contribution in [1.29, 1.82) is 0 Å². The van der Waals surface area contributed by atoms with Crippen LogP contribution in [0.15, 0.2) is 29.9 Å². The molecule has 32 heavy (non-hydrogen) atoms. The van der Waals surface area contributed by atoms with Gasteiger partial charge in [0.2, 0.25) is 5.28 Å². The highest BCUT2D eigenvalue weighted by Crippen LogP contribution is 2.48. The third kappa shape index (κ3) is 4.19. The number of halogens is 8. The van der Waals surface area contributed by atoms with Gasteiger partial charge in [-0.2, -0.15) is 9.38 Å². The molecule has 0 saturated heterocycles. The van der Waals surface area contributed by atoms with Gasteiger partial charge in [0, 0.05) is 6.20 Å². The van der Waals surface area contributed by atoms with E-state index < -0.39 is 10.5 Å². The first-order valence-electron chi connectivity index (χ1n) is 8.11. The molecule has 0 aliphatic carbocycles. The summed E-state index contributed by atoms with van der Waals surface area (Å²) in [6.45, 7) is 0. The minimum absolute atomic E-state index is 0.0245. The summed E-state index contributed by atoms with van der Waals surface area (Å²) in [4.78, 5) is 28.2. The summed E-state index contributed by atoms with van der Waals surface area (Å²) in [6, 6.07) is 1.36. The third-order valence-electron chi connectivity index (χ3n) is 3.96. The summed E-state index contributed by atoms with van der Waals surface area (Å²) < 4.78 is 15.7. The fraction of sp³-hybridized carbons (Fsp3) is 0.0625. The first kappa shape index (κ1) is 23.6. The number of allylic oxidation sites excluding steroid dienone is 1. The Kier molecular flexibility index (Phi) is 6.61. The number of aliphatic imine (C=N–C) groups is 1. The highest BCUT2D eigenvalue weighted by Gasteiger charge is 2.46. The van der Waals surface area contributed by atoms with Gasteiger partial charge in [-0.1, -0.05) is 58.0 Å². The SMILES string of the molecule is FC1(Cl)N=C(Cl)C(c2ncnc(Cl)c2Cl)=C(c2nc(Cl)nc(Cl)c2Cl)N1c1ccncn1. The molecule has 3 aromatic rings. The molecule has 16 heteroatoms. The average Bonchev–Trinajstić information content (AvgIpc) is 2.73. The Labute approximate surface area is 214 Å². The summed E-state index contributed by atoms with van der Waals surface area (Å²) >= 11 is 43.3. The lowest BCUT2D eigenvalue weighted by Crippen LogP contribution is -2.43. The lowest BCUT2D eigenvalue weighted by atomic mass is 10.0. The van der Waals surface area contributed by atoms with Crippen LogP contribution in [0, 0.1) is 0 Å². The Morgan fingerprint density at radius 3 is 2.25 bits per heavy atom. The zero-order valence-corrected chi connectivity index (χ0v) is 20.2. The van der Waals surface area contributed by atoms with E-state index in [9.17, 15) is 0 Å². The van der Waals surface area contributed by atoms with Crippen LogP contribution in [0.5, 0.6) is 0 Å². The molecule has 1 aliphatic heterocycles. The monoisotopic (exact) mass is 572 g/mol. The molecular formula is C16H4Cl7FN8. The molecule has 0 spiro atoms. The van der Waals surface area contributed by atoms with Crippen molar-refractivity contribution in [3.05, 3.63) is 61.9 Å². The summed E-state index contributed by atoms with van der Waals surface area (Å²) in [5, 5.41) is -4.34. The van der Waals surface area contributed by atoms with Crippen molar-refractivity contribution in [2.45, 2.75) is 5.38 Å². The van der Waals surface area contributed by atoms with Crippen LogP contribution in [-0.2, 0) is 0 Å². The molecule has 0 aromatic carbocycles. The summed E-state index contributed by atoms with van der Waals surface area (Å²) in [5.41, 5.74) is -0.411. The molecule has 164 valence electrons. The Bertz CT molecular complexity index is 1280. The number of hydrogen-bond donors (Lipinski definition) is 0. The predicted octanol–water partition coefficient (Wildman–Crippen LogP) is 6.17. The van der Waals surface area contributed by atoms with E-state index in [1.165, 1.54) is 12.3 Å². The first-order chi connectivity index (χ1) is 15.1. The Morgan fingerprint density at radius 1 is 0.844 bits per heavy atom. The van der Waals surface area contributed by atoms with Crippen molar-refractivity contribution in [2.75, 3.05) is 4.90 Å². The van der Waals surface area contributed by atoms with E-state index in [1.54, 1.807) is 0 Å². The van der Waals surface area contributed by atoms with Gasteiger partial charge >= 0.3 is 5.38 Å². The van der Waals surface area contributed by atoms with Crippen molar-refractivity contribution in [3.8, 4) is 0 Å². The maximum Gasteiger partial charge on any atom is 0.365 e. The fourth-order valence-corrected chi connectivity index (χ4v) is 4.22. The van der Waals surface area contributed by atoms with Crippen LogP contribution in [0.25, 0.3) is 11.3 Å². The van der Waals surface area contributed by atoms with E-state index in [-0.39, 0.29) is 54.1 Å². The van der Waals surface area contributed by atoms with Crippen LogP contribution in [0.1, 0.15) is 11.4 Å². The second kappa shape index (κ2) is 8.98. The lowest BCUT2D eigenvalue weighted by Gasteiger charge is -2.37. The van der Waals surface area contributed by atoms with Gasteiger partial charge in [-0.25, -0.2) is 29.9 Å². The lowest BCUT2D eigenvalue weighted by molar-refractivity contribution is 0.297. The van der Waals surface area contributed by atoms with Gasteiger partial charge in [0.15, 0.2) is 10.3 Å². The summed E-state index contributed by atoms with van der Waals surface area (Å²) in [7, 11) is 0. The van der Waals surface area contributed by atoms with E-state index >= 15 is 4.39 Å². The summed E-state index contributed by atoms with van der Waals surface area (Å²) in [6.07, 6.45) is 3.63. The minimum Gasteiger partial charge on any atom is -0.257 e. The van der Waals surface area contributed by atoms with Crippen LogP contribution >= 0.6 is 81.2 Å². The van der Waals surface area contributed by atoms with Gasteiger partial charge in [-0.15, -0.1) is 0 Å². The molecule has 0 saturated carbocycles. The van der Waals surface area contributed by atoms with Crippen molar-refractivity contribution in [2.24, 2.45) is 4.99 Å². The average molecular weight is 575 g/mol. The van der Waals surface area contributed by atoms with E-state index in [2.05, 4.69) is 34.9 Å². The van der Waals surface area contributed by atoms with Crippen molar-refractivity contribution in [3.63, 3.8) is 0 Å². The Balaban J connectivity index is 2.18. The number of nitrogens with zero attached hydrogens (tertiary/aromatic N) is 8. The molecule has 0 radical (unpaired) electrons. The first-order valence-corrected chi connectivity index (χ1v) is 10.8. The molecule has 1 unspecified atom stereocenters. The van der Waals surface area contributed by atoms with Gasteiger partial charge in [-0.3, -0.25) is 4.90 Å². The fourth-order valence-electron chi connectivity index (χ4n) is 2.74. The predicted molar refractivity (Wildman–Crippen MR) is 123 cm³/mol. The van der Waals surface area contributed by atoms with E-state index in [0.717, 1.165) is 17.6 Å². The van der Waals surface area contributed by atoms with Crippen LogP contribution in [0.2, 0.25) is 25.6 Å². The highest BCUT2D eigenvalue weighted by atomic mass is 35.5. The number of alkyl halides is 2. The van der Waals surface area contributed by atoms with Crippen LogP contribution < -0.4 is 4.90 Å². The van der Waals surface area contributed by atoms with Gasteiger partial charge in [0.05, 0.1) is 17.0 Å². The number of anilines is 1. The molecule has 0 bridgehead atoms. The standard InChI is InChI=1S/C16H4Cl7FN8/c17-7-9(27-4-28-13(7)20)6-11(10-8(18)14(21)30-15(22)29-10)32(5-1-2-25-3-26-5)16(23,24)31-12(6)19/h1-4H. The Hall–Kier alpha value is -1.59. The number of rotatable bonds is 3. The molecule has 4 heterocycles. The molecule has 1 atom stereocenters. The molecule has 0 N–H and O–H groups in total. The zero-order chi connectivity index (χ0) is 23.2. The van der Waals surface area contributed by atoms with Gasteiger partial charge in [0.25, 0.3) is 0 Å². The van der Waals surface area contributed by atoms with E-state index in [4.69, 9.17) is 81.2 Å². The third-order valence-corrected chi connectivity index (χ3v) is 6.12. The summed E-state index contributed by atoms with van der Waals surface area (Å²) in [5.74, 6) is -0.0453. The number of hydrogen-bond acceptors (Lipinski definition) is 8. The van der Waals surface area contributed by atoms with E-state index in [0.29, 0.717) is 0 Å². The smallest absolute Gasteiger partial charge is 0.257 e. The highest BCUT2D eigenvalue weighted by molar-refractivity contribution is 6.78. The van der Waals surface area contributed by atoms with Crippen LogP contribution in [-0.4, -0.2) is 40.5 Å². The second-order valence-electron chi connectivity index (χ2n) is 5.81. The molecule has 4 rings (SSSR count). The number of aromatic nitrogens is 6. The largest absolute Gasteiger partial charge is 0.365 e. The van der Waals surface area contributed by atoms with Gasteiger partial charge < -0.3 is 0 Å². The molecule has 8 nitrogen and oxygen atoms in total. The van der Waals surface area contributed by atoms with Crippen molar-refractivity contribution in [1.82, 2.24) is 29.9 Å².